The third kappa shape index (κ3) is 2.37. The van der Waals surface area contributed by atoms with Gasteiger partial charge in [0.05, 0.1) is 8.49 Å². The minimum Gasteiger partial charge on any atom is -0.288 e. The van der Waals surface area contributed by atoms with Gasteiger partial charge in [0, 0.05) is 18.0 Å². The van der Waals surface area contributed by atoms with Crippen LogP contribution in [0.15, 0.2) is 42.7 Å². The number of hydrogen-bond acceptors (Lipinski definition) is 4. The smallest absolute Gasteiger partial charge is 0.288 e. The molecule has 1 aromatic heterocycles. The first-order chi connectivity index (χ1) is 8.61. The van der Waals surface area contributed by atoms with Crippen LogP contribution in [0.25, 0.3) is 0 Å². The summed E-state index contributed by atoms with van der Waals surface area (Å²) in [5.41, 5.74) is 0.327. The lowest BCUT2D eigenvalue weighted by molar-refractivity contribution is -0.386. The second kappa shape index (κ2) is 5.21. The van der Waals surface area contributed by atoms with Crippen molar-refractivity contribution in [2.75, 3.05) is 0 Å². The molecular formula is C12H7IN2O3. The van der Waals surface area contributed by atoms with Gasteiger partial charge in [-0.1, -0.05) is 6.07 Å². The van der Waals surface area contributed by atoms with Crippen molar-refractivity contribution in [1.82, 2.24) is 4.98 Å². The molecule has 0 aliphatic heterocycles. The van der Waals surface area contributed by atoms with Crippen molar-refractivity contribution in [3.8, 4) is 0 Å². The highest BCUT2D eigenvalue weighted by atomic mass is 127. The third-order valence-electron chi connectivity index (χ3n) is 2.36. The van der Waals surface area contributed by atoms with Gasteiger partial charge in [-0.15, -0.1) is 0 Å². The molecule has 0 spiro atoms. The number of para-hydroxylation sites is 1. The molecule has 0 N–H and O–H groups in total. The topological polar surface area (TPSA) is 73.1 Å². The van der Waals surface area contributed by atoms with E-state index in [0.717, 1.165) is 0 Å². The SMILES string of the molecule is O=C(c1ccncc1)c1cccc(I)c1[N+](=O)[O-]. The molecule has 0 unspecified atom stereocenters. The summed E-state index contributed by atoms with van der Waals surface area (Å²) in [6, 6.07) is 7.76. The van der Waals surface area contributed by atoms with E-state index in [2.05, 4.69) is 4.98 Å². The van der Waals surface area contributed by atoms with Crippen LogP contribution in [0.5, 0.6) is 0 Å². The summed E-state index contributed by atoms with van der Waals surface area (Å²) in [6.45, 7) is 0. The molecule has 0 bridgehead atoms. The van der Waals surface area contributed by atoms with Crippen LogP contribution in [0.4, 0.5) is 5.69 Å². The van der Waals surface area contributed by atoms with Gasteiger partial charge in [-0.3, -0.25) is 19.9 Å². The van der Waals surface area contributed by atoms with Gasteiger partial charge in [0.2, 0.25) is 0 Å². The Morgan fingerprint density at radius 3 is 2.50 bits per heavy atom. The van der Waals surface area contributed by atoms with Crippen LogP contribution >= 0.6 is 22.6 Å². The summed E-state index contributed by atoms with van der Waals surface area (Å²) < 4.78 is 0.442. The summed E-state index contributed by atoms with van der Waals surface area (Å²) in [4.78, 5) is 26.5. The number of halogens is 1. The monoisotopic (exact) mass is 354 g/mol. The van der Waals surface area contributed by atoms with E-state index in [1.54, 1.807) is 12.1 Å². The summed E-state index contributed by atoms with van der Waals surface area (Å²) in [7, 11) is 0. The van der Waals surface area contributed by atoms with Crippen LogP contribution in [0, 0.1) is 13.7 Å². The van der Waals surface area contributed by atoms with Crippen LogP contribution < -0.4 is 0 Å². The Morgan fingerprint density at radius 2 is 1.89 bits per heavy atom. The molecule has 0 aliphatic rings. The number of hydrogen-bond donors (Lipinski definition) is 0. The van der Waals surface area contributed by atoms with Crippen molar-refractivity contribution in [2.24, 2.45) is 0 Å². The fourth-order valence-electron chi connectivity index (χ4n) is 1.54. The maximum absolute atomic E-state index is 12.2. The van der Waals surface area contributed by atoms with E-state index in [0.29, 0.717) is 9.13 Å². The number of ketones is 1. The number of pyridine rings is 1. The fourth-order valence-corrected chi connectivity index (χ4v) is 2.24. The normalized spacial score (nSPS) is 10.1. The van der Waals surface area contributed by atoms with Gasteiger partial charge in [0.25, 0.3) is 5.69 Å². The van der Waals surface area contributed by atoms with E-state index in [1.807, 2.05) is 22.6 Å². The Kier molecular flexibility index (Phi) is 3.66. The lowest BCUT2D eigenvalue weighted by Crippen LogP contribution is -2.06. The quantitative estimate of drug-likeness (QED) is 0.368. The van der Waals surface area contributed by atoms with Crippen LogP contribution in [0.2, 0.25) is 0 Å². The molecule has 0 radical (unpaired) electrons. The number of rotatable bonds is 3. The number of carbonyl (C=O) groups is 1. The molecule has 2 rings (SSSR count). The largest absolute Gasteiger partial charge is 0.293 e. The molecule has 0 aliphatic carbocycles. The van der Waals surface area contributed by atoms with Crippen LogP contribution in [-0.2, 0) is 0 Å². The molecule has 5 nitrogen and oxygen atoms in total. The first-order valence-corrected chi connectivity index (χ1v) is 6.07. The lowest BCUT2D eigenvalue weighted by atomic mass is 10.0. The Bertz CT molecular complexity index is 614. The standard InChI is InChI=1S/C12H7IN2O3/c13-10-3-1-2-9(11(10)15(17)18)12(16)8-4-6-14-7-5-8/h1-7H. The van der Waals surface area contributed by atoms with Crippen molar-refractivity contribution in [1.29, 1.82) is 0 Å². The van der Waals surface area contributed by atoms with E-state index in [1.165, 1.54) is 30.6 Å². The van der Waals surface area contributed by atoms with Gasteiger partial charge in [-0.25, -0.2) is 0 Å². The first-order valence-electron chi connectivity index (χ1n) is 4.99. The van der Waals surface area contributed by atoms with E-state index in [-0.39, 0.29) is 17.0 Å². The Balaban J connectivity index is 2.56. The molecular weight excluding hydrogens is 347 g/mol. The minimum atomic E-state index is -0.532. The van der Waals surface area contributed by atoms with Crippen molar-refractivity contribution in [2.45, 2.75) is 0 Å². The molecule has 2 aromatic rings. The zero-order valence-corrected chi connectivity index (χ0v) is 11.2. The van der Waals surface area contributed by atoms with Gasteiger partial charge in [-0.05, 0) is 46.9 Å². The number of carbonyl (C=O) groups excluding carboxylic acids is 1. The first kappa shape index (κ1) is 12.6. The van der Waals surface area contributed by atoms with Gasteiger partial charge in [0.15, 0.2) is 5.78 Å². The number of nitro groups is 1. The summed E-state index contributed by atoms with van der Waals surface area (Å²) in [5, 5.41) is 11.0. The van der Waals surface area contributed by atoms with Crippen molar-refractivity contribution in [3.05, 3.63) is 67.5 Å². The second-order valence-corrected chi connectivity index (χ2v) is 4.62. The molecule has 0 saturated carbocycles. The van der Waals surface area contributed by atoms with Gasteiger partial charge < -0.3 is 0 Å². The van der Waals surface area contributed by atoms with Gasteiger partial charge >= 0.3 is 0 Å². The molecule has 0 saturated heterocycles. The van der Waals surface area contributed by atoms with E-state index >= 15 is 0 Å². The van der Waals surface area contributed by atoms with Crippen LogP contribution in [0.1, 0.15) is 15.9 Å². The lowest BCUT2D eigenvalue weighted by Gasteiger charge is -2.03. The maximum Gasteiger partial charge on any atom is 0.293 e. The molecule has 0 atom stereocenters. The minimum absolute atomic E-state index is 0.0955. The Morgan fingerprint density at radius 1 is 1.22 bits per heavy atom. The average molecular weight is 354 g/mol. The number of nitro benzene ring substituents is 1. The average Bonchev–Trinajstić information content (AvgIpc) is 2.38. The zero-order valence-electron chi connectivity index (χ0n) is 9.04. The summed E-state index contributed by atoms with van der Waals surface area (Å²) in [5.74, 6) is -0.373. The highest BCUT2D eigenvalue weighted by Crippen LogP contribution is 2.27. The Labute approximate surface area is 116 Å². The fraction of sp³-hybridized carbons (Fsp3) is 0. The molecule has 18 heavy (non-hydrogen) atoms. The molecule has 90 valence electrons. The van der Waals surface area contributed by atoms with Crippen molar-refractivity contribution >= 4 is 34.1 Å². The molecule has 0 amide bonds. The zero-order chi connectivity index (χ0) is 13.1. The molecule has 1 aromatic carbocycles. The van der Waals surface area contributed by atoms with Crippen LogP contribution in [0.3, 0.4) is 0 Å². The maximum atomic E-state index is 12.2. The number of aromatic nitrogens is 1. The summed E-state index contributed by atoms with van der Waals surface area (Å²) in [6.07, 6.45) is 2.96. The van der Waals surface area contributed by atoms with Gasteiger partial charge in [-0.2, -0.15) is 0 Å². The van der Waals surface area contributed by atoms with Crippen molar-refractivity contribution < 1.29 is 9.72 Å². The summed E-state index contributed by atoms with van der Waals surface area (Å²) >= 11 is 1.85. The highest BCUT2D eigenvalue weighted by molar-refractivity contribution is 14.1. The van der Waals surface area contributed by atoms with E-state index < -0.39 is 4.92 Å². The van der Waals surface area contributed by atoms with E-state index in [4.69, 9.17) is 0 Å². The number of nitrogens with zero attached hydrogens (tertiary/aromatic N) is 2. The third-order valence-corrected chi connectivity index (χ3v) is 3.23. The van der Waals surface area contributed by atoms with Gasteiger partial charge in [0.1, 0.15) is 5.56 Å². The number of benzene rings is 1. The van der Waals surface area contributed by atoms with Crippen LogP contribution in [-0.4, -0.2) is 15.7 Å². The second-order valence-electron chi connectivity index (χ2n) is 3.46. The molecule has 0 fully saturated rings. The molecule has 6 heteroatoms. The highest BCUT2D eigenvalue weighted by Gasteiger charge is 2.23. The molecule has 1 heterocycles. The van der Waals surface area contributed by atoms with E-state index in [9.17, 15) is 14.9 Å². The Hall–Kier alpha value is -1.83. The van der Waals surface area contributed by atoms with Crippen molar-refractivity contribution in [3.63, 3.8) is 0 Å². The predicted molar refractivity (Wildman–Crippen MR) is 73.5 cm³/mol. The predicted octanol–water partition coefficient (Wildman–Crippen LogP) is 2.83.